The lowest BCUT2D eigenvalue weighted by molar-refractivity contribution is 0.0927. The first kappa shape index (κ1) is 24.4. The first-order chi connectivity index (χ1) is 18.9. The lowest BCUT2D eigenvalue weighted by Gasteiger charge is -2.15. The molecular formula is C28H21N7O3S. The number of nitrogens with one attached hydrogen (secondary N) is 2. The van der Waals surface area contributed by atoms with Gasteiger partial charge in [-0.15, -0.1) is 0 Å². The maximum atomic E-state index is 13.4. The van der Waals surface area contributed by atoms with E-state index >= 15 is 0 Å². The maximum absolute atomic E-state index is 13.4. The number of aryl methyl sites for hydroxylation is 1. The van der Waals surface area contributed by atoms with Gasteiger partial charge in [0.05, 0.1) is 12.6 Å². The van der Waals surface area contributed by atoms with Crippen LogP contribution in [0.3, 0.4) is 0 Å². The van der Waals surface area contributed by atoms with Crippen LogP contribution in [0.5, 0.6) is 0 Å². The van der Waals surface area contributed by atoms with Crippen LogP contribution in [0.25, 0.3) is 20.7 Å². The number of carbonyl (C=O) groups is 3. The van der Waals surface area contributed by atoms with Crippen LogP contribution in [-0.4, -0.2) is 37.2 Å². The minimum atomic E-state index is -0.453. The molecule has 0 radical (unpaired) electrons. The maximum Gasteiger partial charge on any atom is 0.270 e. The van der Waals surface area contributed by atoms with Crippen LogP contribution in [-0.2, 0) is 13.0 Å². The average molecular weight is 536 g/mol. The number of benzene rings is 2. The zero-order valence-electron chi connectivity index (χ0n) is 20.8. The largest absolute Gasteiger partial charge is 0.347 e. The number of nitrogens with zero attached hydrogens (tertiary/aromatic N) is 5. The van der Waals surface area contributed by atoms with Crippen molar-refractivity contribution in [1.82, 2.24) is 30.2 Å². The van der Waals surface area contributed by atoms with Crippen molar-refractivity contribution in [1.29, 1.82) is 0 Å². The van der Waals surface area contributed by atoms with Crippen molar-refractivity contribution in [2.24, 2.45) is 0 Å². The van der Waals surface area contributed by atoms with Crippen LogP contribution in [0.2, 0.25) is 0 Å². The molecule has 2 aromatic carbocycles. The number of hydrogen-bond acceptors (Lipinski definition) is 7. The van der Waals surface area contributed by atoms with Gasteiger partial charge in [0.25, 0.3) is 17.6 Å². The lowest BCUT2D eigenvalue weighted by atomic mass is 10.0. The van der Waals surface area contributed by atoms with Crippen LogP contribution >= 0.6 is 11.3 Å². The van der Waals surface area contributed by atoms with E-state index in [4.69, 9.17) is 6.57 Å². The fourth-order valence-electron chi connectivity index (χ4n) is 4.81. The second-order valence-corrected chi connectivity index (χ2v) is 10.3. The monoisotopic (exact) mass is 535 g/mol. The van der Waals surface area contributed by atoms with E-state index in [9.17, 15) is 14.4 Å². The molecule has 11 heteroatoms. The summed E-state index contributed by atoms with van der Waals surface area (Å²) >= 11 is 1.40. The molecule has 1 aliphatic carbocycles. The molecule has 0 aliphatic heterocycles. The third kappa shape index (κ3) is 4.62. The van der Waals surface area contributed by atoms with Crippen molar-refractivity contribution in [2.45, 2.75) is 32.4 Å². The molecule has 0 saturated carbocycles. The Kier molecular flexibility index (Phi) is 6.09. The Morgan fingerprint density at radius 3 is 2.82 bits per heavy atom. The van der Waals surface area contributed by atoms with Crippen molar-refractivity contribution >= 4 is 49.8 Å². The zero-order valence-corrected chi connectivity index (χ0v) is 21.6. The van der Waals surface area contributed by atoms with Crippen LogP contribution < -0.4 is 10.6 Å². The van der Waals surface area contributed by atoms with E-state index in [0.717, 1.165) is 33.2 Å². The number of amides is 2. The van der Waals surface area contributed by atoms with E-state index in [1.165, 1.54) is 35.2 Å². The molecule has 3 heterocycles. The SMILES string of the molecule is [C-]#[N+]c1cc2ccc(CNC(=O)c3cc(C(=O)N[C@H]4CCc5cc(C(C)=O)ccc54)n4ncnc4n3)cc2s1. The number of hydrogen-bond donors (Lipinski definition) is 2. The van der Waals surface area contributed by atoms with Crippen molar-refractivity contribution in [3.05, 3.63) is 99.9 Å². The highest BCUT2D eigenvalue weighted by Gasteiger charge is 2.27. The molecule has 2 amide bonds. The van der Waals surface area contributed by atoms with Gasteiger partial charge in [-0.05, 0) is 60.0 Å². The minimum Gasteiger partial charge on any atom is -0.347 e. The van der Waals surface area contributed by atoms with E-state index in [-0.39, 0.29) is 35.5 Å². The van der Waals surface area contributed by atoms with Gasteiger partial charge in [0.2, 0.25) is 5.00 Å². The molecule has 5 aromatic rings. The van der Waals surface area contributed by atoms with E-state index < -0.39 is 11.8 Å². The first-order valence-corrected chi connectivity index (χ1v) is 13.0. The molecule has 6 rings (SSSR count). The Balaban J connectivity index is 1.21. The quantitative estimate of drug-likeness (QED) is 0.245. The van der Waals surface area contributed by atoms with Gasteiger partial charge in [-0.2, -0.15) is 25.9 Å². The molecule has 10 nitrogen and oxygen atoms in total. The topological polar surface area (TPSA) is 123 Å². The first-order valence-electron chi connectivity index (χ1n) is 12.2. The minimum absolute atomic E-state index is 0.00255. The van der Waals surface area contributed by atoms with Gasteiger partial charge in [0.1, 0.15) is 17.7 Å². The van der Waals surface area contributed by atoms with Crippen molar-refractivity contribution < 1.29 is 14.4 Å². The highest BCUT2D eigenvalue weighted by atomic mass is 32.1. The van der Waals surface area contributed by atoms with E-state index in [1.807, 2.05) is 36.4 Å². The summed E-state index contributed by atoms with van der Waals surface area (Å²) in [6, 6.07) is 14.3. The Hall–Kier alpha value is -4.95. The van der Waals surface area contributed by atoms with Crippen molar-refractivity contribution in [3.63, 3.8) is 0 Å². The van der Waals surface area contributed by atoms with Crippen LogP contribution in [0, 0.1) is 6.57 Å². The molecule has 1 atom stereocenters. The van der Waals surface area contributed by atoms with E-state index in [0.29, 0.717) is 17.0 Å². The Bertz CT molecular complexity index is 1850. The molecule has 0 fully saturated rings. The van der Waals surface area contributed by atoms with Gasteiger partial charge in [-0.25, -0.2) is 9.83 Å². The van der Waals surface area contributed by atoms with Gasteiger partial charge < -0.3 is 10.6 Å². The number of ketones is 1. The number of rotatable bonds is 6. The summed E-state index contributed by atoms with van der Waals surface area (Å²) in [5.41, 5.74) is 3.73. The number of fused-ring (bicyclic) bond motifs is 3. The molecule has 0 spiro atoms. The van der Waals surface area contributed by atoms with Crippen molar-refractivity contribution in [2.75, 3.05) is 0 Å². The molecule has 192 valence electrons. The predicted molar refractivity (Wildman–Crippen MR) is 145 cm³/mol. The molecule has 0 saturated heterocycles. The van der Waals surface area contributed by atoms with Crippen molar-refractivity contribution in [3.8, 4) is 0 Å². The molecule has 0 unspecified atom stereocenters. The van der Waals surface area contributed by atoms with Gasteiger partial charge in [-0.3, -0.25) is 14.4 Å². The molecule has 3 aromatic heterocycles. The highest BCUT2D eigenvalue weighted by molar-refractivity contribution is 7.22. The Morgan fingerprint density at radius 2 is 2.00 bits per heavy atom. The smallest absolute Gasteiger partial charge is 0.270 e. The van der Waals surface area contributed by atoms with Crippen LogP contribution in [0.15, 0.2) is 54.9 Å². The zero-order chi connectivity index (χ0) is 27.1. The van der Waals surface area contributed by atoms with Crippen LogP contribution in [0.4, 0.5) is 5.00 Å². The predicted octanol–water partition coefficient (Wildman–Crippen LogP) is 4.44. The normalized spacial score (nSPS) is 14.2. The summed E-state index contributed by atoms with van der Waals surface area (Å²) in [7, 11) is 0. The van der Waals surface area contributed by atoms with Crippen LogP contribution in [0.1, 0.15) is 67.4 Å². The second kappa shape index (κ2) is 9.74. The third-order valence-electron chi connectivity index (χ3n) is 6.78. The summed E-state index contributed by atoms with van der Waals surface area (Å²) in [4.78, 5) is 50.0. The van der Waals surface area contributed by atoms with E-state index in [1.54, 1.807) is 6.07 Å². The van der Waals surface area contributed by atoms with Gasteiger partial charge in [0.15, 0.2) is 5.78 Å². The summed E-state index contributed by atoms with van der Waals surface area (Å²) in [6.45, 7) is 8.98. The number of Topliss-reactive ketones (excluding diaryl/α,β-unsaturated/α-hetero) is 1. The Labute approximate surface area is 226 Å². The molecule has 39 heavy (non-hydrogen) atoms. The second-order valence-electron chi connectivity index (χ2n) is 9.28. The van der Waals surface area contributed by atoms with Gasteiger partial charge in [-0.1, -0.05) is 24.3 Å². The lowest BCUT2D eigenvalue weighted by Crippen LogP contribution is -2.30. The average Bonchev–Trinajstić information content (AvgIpc) is 3.68. The Morgan fingerprint density at radius 1 is 1.13 bits per heavy atom. The fraction of sp³-hybridized carbons (Fsp3) is 0.179. The summed E-state index contributed by atoms with van der Waals surface area (Å²) in [5, 5.41) is 11.6. The van der Waals surface area contributed by atoms with Gasteiger partial charge in [0, 0.05) is 22.9 Å². The third-order valence-corrected chi connectivity index (χ3v) is 7.78. The standard InChI is InChI=1S/C28H21N7O3S/c1-15(36)17-5-7-20-18(10-17)6-8-21(20)33-27(38)23-12-22(34-28-31-14-32-35(23)28)26(37)30-13-16-3-4-19-11-25(29-2)39-24(19)9-16/h3-5,7,9-12,14,21H,6,8,13H2,1H3,(H,30,37)(H,33,38)/t21-/m0/s1. The molecular weight excluding hydrogens is 514 g/mol. The van der Waals surface area contributed by atoms with E-state index in [2.05, 4.69) is 30.5 Å². The highest BCUT2D eigenvalue weighted by Crippen LogP contribution is 2.33. The number of carbonyl (C=O) groups excluding carboxylic acids is 3. The summed E-state index contributed by atoms with van der Waals surface area (Å²) in [6.07, 6.45) is 2.73. The molecule has 2 N–H and O–H groups in total. The molecule has 0 bridgehead atoms. The number of thiophene rings is 1. The van der Waals surface area contributed by atoms with Gasteiger partial charge >= 0.3 is 0 Å². The summed E-state index contributed by atoms with van der Waals surface area (Å²) in [5.74, 6) is -0.722. The number of aromatic nitrogens is 4. The fourth-order valence-corrected chi connectivity index (χ4v) is 5.72. The molecule has 1 aliphatic rings. The summed E-state index contributed by atoms with van der Waals surface area (Å²) < 4.78 is 2.28.